The molecule has 2 aromatic rings. The van der Waals surface area contributed by atoms with Gasteiger partial charge in [-0.05, 0) is 29.8 Å². The molecule has 0 aliphatic rings. The first kappa shape index (κ1) is 10.5. The molecule has 0 bridgehead atoms. The van der Waals surface area contributed by atoms with E-state index in [0.717, 1.165) is 17.6 Å². The Morgan fingerprint density at radius 2 is 2.00 bits per heavy atom. The minimum atomic E-state index is 0.691. The van der Waals surface area contributed by atoms with Crippen molar-refractivity contribution in [3.05, 3.63) is 53.9 Å². The van der Waals surface area contributed by atoms with Gasteiger partial charge in [0.15, 0.2) is 6.29 Å². The van der Waals surface area contributed by atoms with Crippen LogP contribution >= 0.6 is 0 Å². The van der Waals surface area contributed by atoms with E-state index >= 15 is 0 Å². The normalized spacial score (nSPS) is 10.1. The van der Waals surface area contributed by atoms with E-state index in [1.807, 2.05) is 41.1 Å². The number of ether oxygens (including phenoxy) is 1. The number of hydrogen-bond acceptors (Lipinski definition) is 2. The number of hydrogen-bond donors (Lipinski definition) is 0. The van der Waals surface area contributed by atoms with Gasteiger partial charge in [-0.2, -0.15) is 0 Å². The molecule has 0 saturated heterocycles. The molecule has 0 aliphatic carbocycles. The summed E-state index contributed by atoms with van der Waals surface area (Å²) in [6, 6.07) is 11.5. The Labute approximate surface area is 94.3 Å². The lowest BCUT2D eigenvalue weighted by atomic mass is 10.2. The zero-order chi connectivity index (χ0) is 11.4. The minimum absolute atomic E-state index is 0.691. The summed E-state index contributed by atoms with van der Waals surface area (Å²) in [6.07, 6.45) is 2.76. The van der Waals surface area contributed by atoms with E-state index in [4.69, 9.17) is 4.74 Å². The van der Waals surface area contributed by atoms with Gasteiger partial charge in [-0.15, -0.1) is 0 Å². The Morgan fingerprint density at radius 1 is 1.25 bits per heavy atom. The zero-order valence-electron chi connectivity index (χ0n) is 9.09. The molecule has 0 amide bonds. The summed E-state index contributed by atoms with van der Waals surface area (Å²) >= 11 is 0. The van der Waals surface area contributed by atoms with Crippen molar-refractivity contribution in [3.63, 3.8) is 0 Å². The van der Waals surface area contributed by atoms with Gasteiger partial charge in [0.05, 0.1) is 12.8 Å². The average Bonchev–Trinajstić information content (AvgIpc) is 2.77. The maximum Gasteiger partial charge on any atom is 0.166 e. The molecule has 1 heterocycles. The Bertz CT molecular complexity index is 471. The van der Waals surface area contributed by atoms with E-state index in [0.29, 0.717) is 12.2 Å². The van der Waals surface area contributed by atoms with Gasteiger partial charge in [0.1, 0.15) is 5.75 Å². The molecule has 16 heavy (non-hydrogen) atoms. The number of carbonyl (C=O) groups is 1. The minimum Gasteiger partial charge on any atom is -0.497 e. The summed E-state index contributed by atoms with van der Waals surface area (Å²) in [5, 5.41) is 0. The SMILES string of the molecule is COc1ccc(Cn2cccc2C=O)cc1. The number of nitrogens with zero attached hydrogens (tertiary/aromatic N) is 1. The molecule has 0 unspecified atom stereocenters. The lowest BCUT2D eigenvalue weighted by Crippen LogP contribution is -2.01. The van der Waals surface area contributed by atoms with Crippen LogP contribution in [-0.2, 0) is 6.54 Å². The van der Waals surface area contributed by atoms with Crippen LogP contribution in [0.1, 0.15) is 16.1 Å². The summed E-state index contributed by atoms with van der Waals surface area (Å²) in [6.45, 7) is 0.699. The van der Waals surface area contributed by atoms with Crippen molar-refractivity contribution in [2.75, 3.05) is 7.11 Å². The van der Waals surface area contributed by atoms with Gasteiger partial charge in [-0.25, -0.2) is 0 Å². The quantitative estimate of drug-likeness (QED) is 0.733. The number of methoxy groups -OCH3 is 1. The highest BCUT2D eigenvalue weighted by atomic mass is 16.5. The molecule has 3 heteroatoms. The molecule has 0 aliphatic heterocycles. The molecule has 1 aromatic carbocycles. The number of aromatic nitrogens is 1. The number of carbonyl (C=O) groups excluding carboxylic acids is 1. The van der Waals surface area contributed by atoms with Gasteiger partial charge in [-0.1, -0.05) is 12.1 Å². The second-order valence-corrected chi connectivity index (χ2v) is 3.53. The number of aldehydes is 1. The molecule has 0 saturated carbocycles. The lowest BCUT2D eigenvalue weighted by Gasteiger charge is -2.06. The Kier molecular flexibility index (Phi) is 3.05. The molecule has 0 atom stereocenters. The van der Waals surface area contributed by atoms with Crippen LogP contribution in [0.4, 0.5) is 0 Å². The van der Waals surface area contributed by atoms with E-state index in [-0.39, 0.29) is 0 Å². The molecule has 0 fully saturated rings. The first-order valence-electron chi connectivity index (χ1n) is 5.07. The Morgan fingerprint density at radius 3 is 2.62 bits per heavy atom. The van der Waals surface area contributed by atoms with E-state index < -0.39 is 0 Å². The largest absolute Gasteiger partial charge is 0.497 e. The molecule has 3 nitrogen and oxygen atoms in total. The molecule has 2 rings (SSSR count). The fraction of sp³-hybridized carbons (Fsp3) is 0.154. The highest BCUT2D eigenvalue weighted by Gasteiger charge is 2.00. The van der Waals surface area contributed by atoms with Crippen molar-refractivity contribution in [3.8, 4) is 5.75 Å². The zero-order valence-corrected chi connectivity index (χ0v) is 9.09. The Balaban J connectivity index is 2.17. The molecule has 0 radical (unpaired) electrons. The van der Waals surface area contributed by atoms with Crippen molar-refractivity contribution < 1.29 is 9.53 Å². The van der Waals surface area contributed by atoms with Gasteiger partial charge >= 0.3 is 0 Å². The van der Waals surface area contributed by atoms with Crippen LogP contribution in [0.5, 0.6) is 5.75 Å². The summed E-state index contributed by atoms with van der Waals surface area (Å²) < 4.78 is 7.00. The maximum atomic E-state index is 10.7. The van der Waals surface area contributed by atoms with E-state index in [2.05, 4.69) is 0 Å². The van der Waals surface area contributed by atoms with Crippen molar-refractivity contribution in [1.29, 1.82) is 0 Å². The van der Waals surface area contributed by atoms with Crippen LogP contribution in [0, 0.1) is 0 Å². The fourth-order valence-electron chi connectivity index (χ4n) is 1.61. The van der Waals surface area contributed by atoms with Crippen LogP contribution in [-0.4, -0.2) is 18.0 Å². The Hall–Kier alpha value is -2.03. The van der Waals surface area contributed by atoms with Gasteiger partial charge in [0, 0.05) is 12.7 Å². The van der Waals surface area contributed by atoms with Crippen molar-refractivity contribution in [2.24, 2.45) is 0 Å². The number of benzene rings is 1. The lowest BCUT2D eigenvalue weighted by molar-refractivity contribution is 0.111. The maximum absolute atomic E-state index is 10.7. The van der Waals surface area contributed by atoms with Crippen LogP contribution in [0.3, 0.4) is 0 Å². The highest BCUT2D eigenvalue weighted by molar-refractivity contribution is 5.72. The molecular weight excluding hydrogens is 202 g/mol. The third-order valence-corrected chi connectivity index (χ3v) is 2.50. The van der Waals surface area contributed by atoms with E-state index in [1.165, 1.54) is 0 Å². The van der Waals surface area contributed by atoms with Crippen LogP contribution in [0.15, 0.2) is 42.6 Å². The van der Waals surface area contributed by atoms with Crippen LogP contribution in [0.25, 0.3) is 0 Å². The van der Waals surface area contributed by atoms with Crippen LogP contribution in [0.2, 0.25) is 0 Å². The predicted molar refractivity (Wildman–Crippen MR) is 61.9 cm³/mol. The molecule has 0 spiro atoms. The summed E-state index contributed by atoms with van der Waals surface area (Å²) in [5.41, 5.74) is 1.83. The standard InChI is InChI=1S/C13H13NO2/c1-16-13-6-4-11(5-7-13)9-14-8-2-3-12(14)10-15/h2-8,10H,9H2,1H3. The number of rotatable bonds is 4. The van der Waals surface area contributed by atoms with Gasteiger partial charge in [-0.3, -0.25) is 4.79 Å². The van der Waals surface area contributed by atoms with Crippen LogP contribution < -0.4 is 4.74 Å². The average molecular weight is 215 g/mol. The molecular formula is C13H13NO2. The summed E-state index contributed by atoms with van der Waals surface area (Å²) in [4.78, 5) is 10.7. The van der Waals surface area contributed by atoms with E-state index in [1.54, 1.807) is 13.2 Å². The smallest absolute Gasteiger partial charge is 0.166 e. The molecule has 82 valence electrons. The van der Waals surface area contributed by atoms with Gasteiger partial charge < -0.3 is 9.30 Å². The van der Waals surface area contributed by atoms with E-state index in [9.17, 15) is 4.79 Å². The second kappa shape index (κ2) is 4.66. The van der Waals surface area contributed by atoms with Crippen molar-refractivity contribution in [2.45, 2.75) is 6.54 Å². The topological polar surface area (TPSA) is 31.2 Å². The third kappa shape index (κ3) is 2.14. The monoisotopic (exact) mass is 215 g/mol. The van der Waals surface area contributed by atoms with Crippen molar-refractivity contribution >= 4 is 6.29 Å². The summed E-state index contributed by atoms with van der Waals surface area (Å²) in [5.74, 6) is 0.840. The van der Waals surface area contributed by atoms with Gasteiger partial charge in [0.25, 0.3) is 0 Å². The summed E-state index contributed by atoms with van der Waals surface area (Å²) in [7, 11) is 1.64. The predicted octanol–water partition coefficient (Wildman–Crippen LogP) is 2.36. The second-order valence-electron chi connectivity index (χ2n) is 3.53. The van der Waals surface area contributed by atoms with Gasteiger partial charge in [0.2, 0.25) is 0 Å². The third-order valence-electron chi connectivity index (χ3n) is 2.50. The molecule has 0 N–H and O–H groups in total. The first-order valence-corrected chi connectivity index (χ1v) is 5.07. The highest BCUT2D eigenvalue weighted by Crippen LogP contribution is 2.13. The first-order chi connectivity index (χ1) is 7.83. The van der Waals surface area contributed by atoms with Crippen molar-refractivity contribution in [1.82, 2.24) is 4.57 Å². The molecule has 1 aromatic heterocycles. The fourth-order valence-corrected chi connectivity index (χ4v) is 1.61.